The van der Waals surface area contributed by atoms with Crippen molar-refractivity contribution in [2.75, 3.05) is 20.6 Å². The van der Waals surface area contributed by atoms with Crippen molar-refractivity contribution in [3.05, 3.63) is 11.4 Å². The van der Waals surface area contributed by atoms with Gasteiger partial charge in [0, 0.05) is 12.5 Å². The predicted molar refractivity (Wildman–Crippen MR) is 65.2 cm³/mol. The van der Waals surface area contributed by atoms with E-state index in [2.05, 4.69) is 29.3 Å². The lowest BCUT2D eigenvalue weighted by atomic mass is 9.82. The Kier molecular flexibility index (Phi) is 3.89. The van der Waals surface area contributed by atoms with E-state index in [1.165, 1.54) is 19.3 Å². The first-order valence-corrected chi connectivity index (χ1v) is 6.25. The Morgan fingerprint density at radius 3 is 2.76 bits per heavy atom. The van der Waals surface area contributed by atoms with Crippen molar-refractivity contribution in [1.29, 1.82) is 0 Å². The van der Waals surface area contributed by atoms with Gasteiger partial charge in [0.15, 0.2) is 6.29 Å². The van der Waals surface area contributed by atoms with Crippen LogP contribution in [-0.2, 0) is 6.54 Å². The minimum atomic E-state index is 0.504. The average molecular weight is 236 g/mol. The minimum absolute atomic E-state index is 0.504. The zero-order valence-corrected chi connectivity index (χ0v) is 10.6. The van der Waals surface area contributed by atoms with Gasteiger partial charge in [-0.2, -0.15) is 0 Å². The lowest BCUT2D eigenvalue weighted by Gasteiger charge is -2.26. The largest absolute Gasteiger partial charge is 0.309 e. The highest BCUT2D eigenvalue weighted by Gasteiger charge is 2.27. The molecule has 1 aromatic heterocycles. The molecule has 0 radical (unpaired) electrons. The van der Waals surface area contributed by atoms with Crippen molar-refractivity contribution in [2.45, 2.75) is 38.1 Å². The number of aldehydes is 1. The highest BCUT2D eigenvalue weighted by molar-refractivity contribution is 5.73. The molecule has 0 aliphatic heterocycles. The lowest BCUT2D eigenvalue weighted by Crippen LogP contribution is -2.19. The zero-order chi connectivity index (χ0) is 12.3. The Hall–Kier alpha value is -1.23. The predicted octanol–water partition coefficient (Wildman–Crippen LogP) is 1.31. The number of carbonyl (C=O) groups is 1. The second-order valence-corrected chi connectivity index (χ2v) is 4.99. The number of nitrogens with zero attached hydrogens (tertiary/aromatic N) is 4. The summed E-state index contributed by atoms with van der Waals surface area (Å²) in [6, 6.07) is 0. The molecule has 0 amide bonds. The fraction of sp³-hybridized carbons (Fsp3) is 0.750. The van der Waals surface area contributed by atoms with Crippen LogP contribution >= 0.6 is 0 Å². The molecule has 0 spiro atoms. The molecule has 94 valence electrons. The molecule has 0 unspecified atom stereocenters. The molecular formula is C12H20N4O. The van der Waals surface area contributed by atoms with Gasteiger partial charge in [0.25, 0.3) is 0 Å². The van der Waals surface area contributed by atoms with Gasteiger partial charge in [-0.1, -0.05) is 11.6 Å². The molecule has 2 rings (SSSR count). The summed E-state index contributed by atoms with van der Waals surface area (Å²) in [5, 5.41) is 8.07. The van der Waals surface area contributed by atoms with E-state index < -0.39 is 0 Å². The Morgan fingerprint density at radius 1 is 1.47 bits per heavy atom. The van der Waals surface area contributed by atoms with Gasteiger partial charge in [-0.3, -0.25) is 4.79 Å². The van der Waals surface area contributed by atoms with Crippen LogP contribution in [0.2, 0.25) is 0 Å². The first-order valence-electron chi connectivity index (χ1n) is 6.25. The van der Waals surface area contributed by atoms with Crippen molar-refractivity contribution in [3.8, 4) is 0 Å². The quantitative estimate of drug-likeness (QED) is 0.699. The van der Waals surface area contributed by atoms with Crippen LogP contribution in [0.4, 0.5) is 0 Å². The molecule has 1 saturated carbocycles. The summed E-state index contributed by atoms with van der Waals surface area (Å²) in [5.74, 6) is 0.504. The third-order valence-electron chi connectivity index (χ3n) is 3.38. The van der Waals surface area contributed by atoms with E-state index in [0.29, 0.717) is 11.6 Å². The molecule has 17 heavy (non-hydrogen) atoms. The van der Waals surface area contributed by atoms with Gasteiger partial charge in [0.1, 0.15) is 5.69 Å². The third kappa shape index (κ3) is 2.72. The average Bonchev–Trinajstić information content (AvgIpc) is 2.59. The molecule has 0 aromatic carbocycles. The smallest absolute Gasteiger partial charge is 0.172 e. The van der Waals surface area contributed by atoms with E-state index in [0.717, 1.165) is 31.5 Å². The van der Waals surface area contributed by atoms with Crippen LogP contribution in [-0.4, -0.2) is 46.8 Å². The van der Waals surface area contributed by atoms with Crippen LogP contribution in [0.5, 0.6) is 0 Å². The SMILES string of the molecule is CN(C)CCCn1nnc(C=O)c1C1CCC1. The fourth-order valence-corrected chi connectivity index (χ4v) is 2.22. The molecule has 1 aromatic rings. The molecule has 0 saturated heterocycles. The number of aryl methyl sites for hydroxylation is 1. The summed E-state index contributed by atoms with van der Waals surface area (Å²) in [7, 11) is 4.12. The molecule has 0 atom stereocenters. The fourth-order valence-electron chi connectivity index (χ4n) is 2.22. The number of carbonyl (C=O) groups excluding carboxylic acids is 1. The Morgan fingerprint density at radius 2 is 2.24 bits per heavy atom. The van der Waals surface area contributed by atoms with Crippen molar-refractivity contribution < 1.29 is 4.79 Å². The molecule has 0 N–H and O–H groups in total. The van der Waals surface area contributed by atoms with Crippen LogP contribution in [0.3, 0.4) is 0 Å². The number of hydrogen-bond donors (Lipinski definition) is 0. The van der Waals surface area contributed by atoms with E-state index in [9.17, 15) is 4.79 Å². The highest BCUT2D eigenvalue weighted by atomic mass is 16.1. The monoisotopic (exact) mass is 236 g/mol. The topological polar surface area (TPSA) is 51.0 Å². The maximum Gasteiger partial charge on any atom is 0.172 e. The molecule has 1 fully saturated rings. The summed E-state index contributed by atoms with van der Waals surface area (Å²) >= 11 is 0. The van der Waals surface area contributed by atoms with E-state index in [4.69, 9.17) is 0 Å². The van der Waals surface area contributed by atoms with Crippen molar-refractivity contribution in [3.63, 3.8) is 0 Å². The Labute approximate surface area is 102 Å². The van der Waals surface area contributed by atoms with E-state index in [1.807, 2.05) is 4.68 Å². The summed E-state index contributed by atoms with van der Waals surface area (Å²) in [4.78, 5) is 13.1. The molecule has 5 nitrogen and oxygen atoms in total. The number of rotatable bonds is 6. The Balaban J connectivity index is 2.05. The molecule has 1 heterocycles. The number of hydrogen-bond acceptors (Lipinski definition) is 4. The highest BCUT2D eigenvalue weighted by Crippen LogP contribution is 2.37. The first kappa shape index (κ1) is 12.2. The minimum Gasteiger partial charge on any atom is -0.309 e. The molecule has 1 aliphatic carbocycles. The van der Waals surface area contributed by atoms with Gasteiger partial charge in [-0.25, -0.2) is 4.68 Å². The second-order valence-electron chi connectivity index (χ2n) is 4.99. The zero-order valence-electron chi connectivity index (χ0n) is 10.6. The second kappa shape index (κ2) is 5.40. The standard InChI is InChI=1S/C12H20N4O/c1-15(2)7-4-8-16-12(10-5-3-6-10)11(9-17)13-14-16/h9-10H,3-8H2,1-2H3. The van der Waals surface area contributed by atoms with Crippen LogP contribution in [0.25, 0.3) is 0 Å². The molecular weight excluding hydrogens is 216 g/mol. The summed E-state index contributed by atoms with van der Waals surface area (Å²) in [5.41, 5.74) is 1.60. The van der Waals surface area contributed by atoms with E-state index in [-0.39, 0.29) is 0 Å². The normalized spacial score (nSPS) is 16.2. The summed E-state index contributed by atoms with van der Waals surface area (Å²) in [6.07, 6.45) is 5.47. The molecule has 1 aliphatic rings. The van der Waals surface area contributed by atoms with Gasteiger partial charge in [0.2, 0.25) is 0 Å². The van der Waals surface area contributed by atoms with Crippen molar-refractivity contribution in [1.82, 2.24) is 19.9 Å². The lowest BCUT2D eigenvalue weighted by molar-refractivity contribution is 0.111. The first-order chi connectivity index (χ1) is 8.22. The maximum absolute atomic E-state index is 10.9. The van der Waals surface area contributed by atoms with Crippen molar-refractivity contribution in [2.24, 2.45) is 0 Å². The van der Waals surface area contributed by atoms with Gasteiger partial charge >= 0.3 is 0 Å². The van der Waals surface area contributed by atoms with Gasteiger partial charge in [-0.05, 0) is 39.9 Å². The summed E-state index contributed by atoms with van der Waals surface area (Å²) in [6.45, 7) is 1.88. The number of aromatic nitrogens is 3. The van der Waals surface area contributed by atoms with Crippen LogP contribution in [0, 0.1) is 0 Å². The third-order valence-corrected chi connectivity index (χ3v) is 3.38. The van der Waals surface area contributed by atoms with Gasteiger partial charge < -0.3 is 4.90 Å². The van der Waals surface area contributed by atoms with E-state index in [1.54, 1.807) is 0 Å². The maximum atomic E-state index is 10.9. The molecule has 0 bridgehead atoms. The van der Waals surface area contributed by atoms with Gasteiger partial charge in [0.05, 0.1) is 5.69 Å². The van der Waals surface area contributed by atoms with Crippen LogP contribution in [0.15, 0.2) is 0 Å². The Bertz CT molecular complexity index is 382. The molecule has 5 heteroatoms. The van der Waals surface area contributed by atoms with Crippen LogP contribution in [0.1, 0.15) is 47.8 Å². The van der Waals surface area contributed by atoms with Gasteiger partial charge in [-0.15, -0.1) is 5.10 Å². The van der Waals surface area contributed by atoms with Crippen molar-refractivity contribution >= 4 is 6.29 Å². The summed E-state index contributed by atoms with van der Waals surface area (Å²) < 4.78 is 1.93. The van der Waals surface area contributed by atoms with E-state index >= 15 is 0 Å². The van der Waals surface area contributed by atoms with Crippen LogP contribution < -0.4 is 0 Å².